The largest absolute Gasteiger partial charge is 0.370 e. The number of nitriles is 2. The first-order valence-corrected chi connectivity index (χ1v) is 9.12. The van der Waals surface area contributed by atoms with Gasteiger partial charge in [0.15, 0.2) is 0 Å². The van der Waals surface area contributed by atoms with Gasteiger partial charge in [-0.3, -0.25) is 0 Å². The van der Waals surface area contributed by atoms with Crippen molar-refractivity contribution < 1.29 is 0 Å². The smallest absolute Gasteiger partial charge is 0.102 e. The van der Waals surface area contributed by atoms with Crippen LogP contribution in [0.4, 0.5) is 5.69 Å². The molecule has 0 aromatic heterocycles. The Labute approximate surface area is 160 Å². The van der Waals surface area contributed by atoms with Crippen LogP contribution in [-0.4, -0.2) is 13.1 Å². The molecular weight excluding hydrogens is 330 g/mol. The summed E-state index contributed by atoms with van der Waals surface area (Å²) >= 11 is 0. The number of benzene rings is 3. The second kappa shape index (κ2) is 8.21. The maximum Gasteiger partial charge on any atom is 0.102 e. The van der Waals surface area contributed by atoms with Crippen LogP contribution in [-0.2, 0) is 0 Å². The molecule has 0 aliphatic carbocycles. The highest BCUT2D eigenvalue weighted by Crippen LogP contribution is 2.40. The fourth-order valence-corrected chi connectivity index (χ4v) is 3.44. The van der Waals surface area contributed by atoms with Crippen molar-refractivity contribution in [2.75, 3.05) is 18.0 Å². The molecule has 132 valence electrons. The topological polar surface area (TPSA) is 50.8 Å². The summed E-state index contributed by atoms with van der Waals surface area (Å²) in [4.78, 5) is 2.09. The minimum Gasteiger partial charge on any atom is -0.370 e. The second-order valence-electron chi connectivity index (χ2n) is 6.20. The number of rotatable bonds is 5. The second-order valence-corrected chi connectivity index (χ2v) is 6.20. The first kappa shape index (κ1) is 18.2. The van der Waals surface area contributed by atoms with E-state index in [1.165, 1.54) is 0 Å². The van der Waals surface area contributed by atoms with Gasteiger partial charge in [-0.1, -0.05) is 60.7 Å². The van der Waals surface area contributed by atoms with E-state index in [1.807, 2.05) is 80.6 Å². The fraction of sp³-hybridized carbons (Fsp3) is 0.167. The molecule has 0 heterocycles. The Kier molecular flexibility index (Phi) is 5.55. The lowest BCUT2D eigenvalue weighted by Gasteiger charge is -2.26. The van der Waals surface area contributed by atoms with Gasteiger partial charge in [0.05, 0.1) is 16.8 Å². The van der Waals surface area contributed by atoms with Crippen LogP contribution in [0.25, 0.3) is 22.3 Å². The van der Waals surface area contributed by atoms with E-state index in [9.17, 15) is 10.5 Å². The highest BCUT2D eigenvalue weighted by molar-refractivity contribution is 5.90. The molecule has 0 N–H and O–H groups in total. The Balaban J connectivity index is 2.44. The average Bonchev–Trinajstić information content (AvgIpc) is 2.75. The Morgan fingerprint density at radius 1 is 0.704 bits per heavy atom. The van der Waals surface area contributed by atoms with Crippen molar-refractivity contribution >= 4 is 5.69 Å². The molecule has 0 saturated heterocycles. The minimum atomic E-state index is 0.557. The maximum absolute atomic E-state index is 10.00. The third-order valence-electron chi connectivity index (χ3n) is 4.77. The lowest BCUT2D eigenvalue weighted by molar-refractivity contribution is 0.863. The molecule has 0 fully saturated rings. The molecule has 0 spiro atoms. The summed E-state index contributed by atoms with van der Waals surface area (Å²) in [7, 11) is 0. The molecule has 3 nitrogen and oxygen atoms in total. The third kappa shape index (κ3) is 3.41. The van der Waals surface area contributed by atoms with Crippen LogP contribution in [0.1, 0.15) is 25.0 Å². The van der Waals surface area contributed by atoms with E-state index < -0.39 is 0 Å². The van der Waals surface area contributed by atoms with Crippen molar-refractivity contribution in [1.82, 2.24) is 0 Å². The summed E-state index contributed by atoms with van der Waals surface area (Å²) in [5, 5.41) is 20.0. The molecule has 0 bridgehead atoms. The molecule has 0 aliphatic heterocycles. The van der Waals surface area contributed by atoms with Gasteiger partial charge in [-0.25, -0.2) is 0 Å². The standard InChI is InChI=1S/C24H21N3/c1-3-27(4-2)24-22(16-25)20(18-11-7-5-8-12-18)15-21(23(24)17-26)19-13-9-6-10-14-19/h5-15H,3-4H2,1-2H3. The van der Waals surface area contributed by atoms with Crippen molar-refractivity contribution in [3.8, 4) is 34.4 Å². The van der Waals surface area contributed by atoms with Gasteiger partial charge >= 0.3 is 0 Å². The molecule has 0 saturated carbocycles. The predicted octanol–water partition coefficient (Wildman–Crippen LogP) is 5.61. The molecule has 27 heavy (non-hydrogen) atoms. The maximum atomic E-state index is 10.00. The summed E-state index contributed by atoms with van der Waals surface area (Å²) in [5.41, 5.74) is 5.51. The summed E-state index contributed by atoms with van der Waals surface area (Å²) < 4.78 is 0. The monoisotopic (exact) mass is 351 g/mol. The number of hydrogen-bond donors (Lipinski definition) is 0. The molecule has 3 aromatic rings. The van der Waals surface area contributed by atoms with E-state index in [4.69, 9.17) is 0 Å². The van der Waals surface area contributed by atoms with E-state index in [1.54, 1.807) is 0 Å². The van der Waals surface area contributed by atoms with Gasteiger partial charge < -0.3 is 4.90 Å². The van der Waals surface area contributed by atoms with E-state index in [0.29, 0.717) is 11.1 Å². The van der Waals surface area contributed by atoms with Crippen molar-refractivity contribution in [3.63, 3.8) is 0 Å². The Bertz CT molecular complexity index is 930. The molecule has 3 aromatic carbocycles. The molecule has 0 unspecified atom stereocenters. The highest BCUT2D eigenvalue weighted by atomic mass is 15.1. The normalized spacial score (nSPS) is 10.1. The summed E-state index contributed by atoms with van der Waals surface area (Å²) in [5.74, 6) is 0. The lowest BCUT2D eigenvalue weighted by atomic mass is 9.89. The van der Waals surface area contributed by atoms with Gasteiger partial charge in [-0.05, 0) is 31.0 Å². The first-order valence-electron chi connectivity index (χ1n) is 9.12. The minimum absolute atomic E-state index is 0.557. The summed E-state index contributed by atoms with van der Waals surface area (Å²) in [6, 6.07) is 26.5. The summed E-state index contributed by atoms with van der Waals surface area (Å²) in [6.07, 6.45) is 0. The molecule has 3 rings (SSSR count). The van der Waals surface area contributed by atoms with Crippen LogP contribution in [0.3, 0.4) is 0 Å². The first-order chi connectivity index (χ1) is 13.2. The third-order valence-corrected chi connectivity index (χ3v) is 4.77. The van der Waals surface area contributed by atoms with Crippen LogP contribution in [0.5, 0.6) is 0 Å². The van der Waals surface area contributed by atoms with Crippen molar-refractivity contribution in [2.24, 2.45) is 0 Å². The fourth-order valence-electron chi connectivity index (χ4n) is 3.44. The average molecular weight is 351 g/mol. The van der Waals surface area contributed by atoms with Gasteiger partial charge in [-0.2, -0.15) is 10.5 Å². The van der Waals surface area contributed by atoms with Gasteiger partial charge in [0.25, 0.3) is 0 Å². The van der Waals surface area contributed by atoms with Crippen LogP contribution >= 0.6 is 0 Å². The highest BCUT2D eigenvalue weighted by Gasteiger charge is 2.23. The Morgan fingerprint density at radius 3 is 1.44 bits per heavy atom. The van der Waals surface area contributed by atoms with Crippen molar-refractivity contribution in [3.05, 3.63) is 77.9 Å². The molecule has 0 amide bonds. The number of nitrogens with zero attached hydrogens (tertiary/aromatic N) is 3. The summed E-state index contributed by atoms with van der Waals surface area (Å²) in [6.45, 7) is 5.55. The van der Waals surface area contributed by atoms with Gasteiger partial charge in [-0.15, -0.1) is 0 Å². The molecular formula is C24H21N3. The molecule has 0 aliphatic rings. The van der Waals surface area contributed by atoms with Gasteiger partial charge in [0.2, 0.25) is 0 Å². The van der Waals surface area contributed by atoms with Crippen molar-refractivity contribution in [1.29, 1.82) is 10.5 Å². The van der Waals surface area contributed by atoms with Crippen LogP contribution in [0.15, 0.2) is 66.7 Å². The zero-order valence-electron chi connectivity index (χ0n) is 15.6. The number of hydrogen-bond acceptors (Lipinski definition) is 3. The molecule has 0 atom stereocenters. The van der Waals surface area contributed by atoms with Crippen molar-refractivity contribution in [2.45, 2.75) is 13.8 Å². The lowest BCUT2D eigenvalue weighted by Crippen LogP contribution is -2.24. The Morgan fingerprint density at radius 2 is 1.11 bits per heavy atom. The predicted molar refractivity (Wildman–Crippen MR) is 110 cm³/mol. The zero-order valence-corrected chi connectivity index (χ0v) is 15.6. The van der Waals surface area contributed by atoms with Gasteiger partial charge in [0, 0.05) is 24.2 Å². The molecule has 0 radical (unpaired) electrons. The Hall–Kier alpha value is -3.56. The van der Waals surface area contributed by atoms with E-state index in [2.05, 4.69) is 17.0 Å². The molecule has 3 heteroatoms. The van der Waals surface area contributed by atoms with Crippen LogP contribution in [0, 0.1) is 22.7 Å². The quantitative estimate of drug-likeness (QED) is 0.600. The van der Waals surface area contributed by atoms with E-state index in [0.717, 1.165) is 41.0 Å². The van der Waals surface area contributed by atoms with Crippen LogP contribution in [0.2, 0.25) is 0 Å². The van der Waals surface area contributed by atoms with Crippen LogP contribution < -0.4 is 4.90 Å². The van der Waals surface area contributed by atoms with Gasteiger partial charge in [0.1, 0.15) is 12.1 Å². The SMILES string of the molecule is CCN(CC)c1c(C#N)c(-c2ccccc2)cc(-c2ccccc2)c1C#N. The van der Waals surface area contributed by atoms with E-state index in [-0.39, 0.29) is 0 Å². The zero-order chi connectivity index (χ0) is 19.2. The number of anilines is 1. The van der Waals surface area contributed by atoms with E-state index >= 15 is 0 Å².